The van der Waals surface area contributed by atoms with Gasteiger partial charge >= 0.3 is 5.25 Å². The van der Waals surface area contributed by atoms with Gasteiger partial charge in [0.05, 0.1) is 16.7 Å². The largest absolute Gasteiger partial charge is 0.607 e. The quantitative estimate of drug-likeness (QED) is 0.472. The van der Waals surface area contributed by atoms with Gasteiger partial charge < -0.3 is 9.29 Å². The molecule has 0 amide bonds. The molecular weight excluding hydrogens is 394 g/mol. The summed E-state index contributed by atoms with van der Waals surface area (Å²) in [4.78, 5) is -1.01. The van der Waals surface area contributed by atoms with Crippen LogP contribution in [0.3, 0.4) is 0 Å². The fourth-order valence-electron chi connectivity index (χ4n) is 2.43. The molecule has 0 unspecified atom stereocenters. The van der Waals surface area contributed by atoms with E-state index in [9.17, 15) is 30.9 Å². The highest BCUT2D eigenvalue weighted by molar-refractivity contribution is 7.93. The summed E-state index contributed by atoms with van der Waals surface area (Å²) in [6.45, 7) is 0. The lowest BCUT2D eigenvalue weighted by atomic mass is 10.1. The maximum absolute atomic E-state index is 13.8. The Labute approximate surface area is 145 Å². The molecule has 0 aromatic heterocycles. The second kappa shape index (κ2) is 6.30. The molecule has 134 valence electrons. The van der Waals surface area contributed by atoms with Gasteiger partial charge in [-0.3, -0.25) is 0 Å². The van der Waals surface area contributed by atoms with Crippen LogP contribution in [0.15, 0.2) is 35.2 Å². The first kappa shape index (κ1) is 18.2. The van der Waals surface area contributed by atoms with Crippen LogP contribution in [0, 0.1) is 5.82 Å². The van der Waals surface area contributed by atoms with Crippen LogP contribution in [0.2, 0.25) is 5.02 Å². The molecule has 3 rings (SSSR count). The summed E-state index contributed by atoms with van der Waals surface area (Å²) in [5, 5.41) is -4.42. The number of fused-ring (bicyclic) bond motifs is 1. The molecule has 2 aromatic rings. The van der Waals surface area contributed by atoms with Crippen molar-refractivity contribution in [2.24, 2.45) is 0 Å². The van der Waals surface area contributed by atoms with Crippen molar-refractivity contribution in [3.63, 3.8) is 0 Å². The molecule has 0 fully saturated rings. The van der Waals surface area contributed by atoms with Gasteiger partial charge in [0, 0.05) is 11.1 Å². The number of hydrogen-bond donors (Lipinski definition) is 0. The molecule has 0 saturated carbocycles. The number of ether oxygens (including phenoxy) is 1. The van der Waals surface area contributed by atoms with Crippen molar-refractivity contribution in [2.75, 3.05) is 0 Å². The molecule has 0 aliphatic carbocycles. The van der Waals surface area contributed by atoms with E-state index in [-0.39, 0.29) is 10.8 Å². The summed E-state index contributed by atoms with van der Waals surface area (Å²) < 4.78 is 98.0. The minimum absolute atomic E-state index is 0.0892. The van der Waals surface area contributed by atoms with Crippen molar-refractivity contribution >= 4 is 22.8 Å². The first-order valence-electron chi connectivity index (χ1n) is 6.65. The van der Waals surface area contributed by atoms with Crippen molar-refractivity contribution in [2.45, 2.75) is 22.7 Å². The second-order valence-corrected chi connectivity index (χ2v) is 7.02. The molecule has 0 bridgehead atoms. The lowest BCUT2D eigenvalue weighted by Crippen LogP contribution is -2.27. The van der Waals surface area contributed by atoms with E-state index in [1.165, 1.54) is 0 Å². The number of hydrogen-bond acceptors (Lipinski definition) is 2. The van der Waals surface area contributed by atoms with E-state index >= 15 is 0 Å². The lowest BCUT2D eigenvalue weighted by Gasteiger charge is -2.16. The van der Waals surface area contributed by atoms with Gasteiger partial charge in [-0.15, -0.1) is 0 Å². The van der Waals surface area contributed by atoms with E-state index in [4.69, 9.17) is 16.3 Å². The standard InChI is InChI=1S/C15H7ClF6O2S/c16-6-3-7(17)5-8(4-6)24-10-2-1-9-12(11(10)14(19)20)25(23)15(21,22)13(9)18/h1-5,13-14H/t13-,25-/m1/s1. The van der Waals surface area contributed by atoms with E-state index in [0.29, 0.717) is 0 Å². The minimum Gasteiger partial charge on any atom is -0.607 e. The van der Waals surface area contributed by atoms with Crippen LogP contribution in [0.25, 0.3) is 0 Å². The fourth-order valence-corrected chi connectivity index (χ4v) is 4.00. The van der Waals surface area contributed by atoms with E-state index in [1.807, 2.05) is 0 Å². The second-order valence-electron chi connectivity index (χ2n) is 5.10. The molecule has 0 radical (unpaired) electrons. The van der Waals surface area contributed by atoms with Crippen LogP contribution >= 0.6 is 11.6 Å². The van der Waals surface area contributed by atoms with Crippen LogP contribution in [0.1, 0.15) is 23.7 Å². The summed E-state index contributed by atoms with van der Waals surface area (Å²) in [6.07, 6.45) is -6.35. The molecule has 0 saturated heterocycles. The van der Waals surface area contributed by atoms with Gasteiger partial charge in [-0.25, -0.2) is 17.6 Å². The Bertz CT molecular complexity index is 812. The highest BCUT2D eigenvalue weighted by Gasteiger charge is 2.63. The number of alkyl halides is 5. The van der Waals surface area contributed by atoms with Gasteiger partial charge in [0.25, 0.3) is 6.43 Å². The average Bonchev–Trinajstić information content (AvgIpc) is 2.67. The number of benzene rings is 2. The summed E-state index contributed by atoms with van der Waals surface area (Å²) in [5.41, 5.74) is -1.92. The summed E-state index contributed by atoms with van der Waals surface area (Å²) in [7, 11) is 0. The van der Waals surface area contributed by atoms with E-state index in [2.05, 4.69) is 0 Å². The molecular formula is C15H7ClF6O2S. The Hall–Kier alpha value is -1.58. The Morgan fingerprint density at radius 3 is 2.48 bits per heavy atom. The van der Waals surface area contributed by atoms with Crippen LogP contribution in [-0.2, 0) is 11.2 Å². The van der Waals surface area contributed by atoms with Crippen LogP contribution < -0.4 is 4.74 Å². The van der Waals surface area contributed by atoms with Crippen molar-refractivity contribution in [1.82, 2.24) is 0 Å². The molecule has 1 heterocycles. The third-order valence-corrected chi connectivity index (χ3v) is 5.22. The minimum atomic E-state index is -4.33. The maximum atomic E-state index is 13.8. The monoisotopic (exact) mass is 400 g/mol. The Morgan fingerprint density at radius 1 is 1.20 bits per heavy atom. The molecule has 2 aromatic carbocycles. The van der Waals surface area contributed by atoms with Crippen LogP contribution in [0.5, 0.6) is 11.5 Å². The van der Waals surface area contributed by atoms with Gasteiger partial charge in [-0.05, 0) is 24.3 Å². The van der Waals surface area contributed by atoms with Gasteiger partial charge in [0.15, 0.2) is 4.90 Å². The van der Waals surface area contributed by atoms with Crippen molar-refractivity contribution < 1.29 is 35.6 Å². The molecule has 2 nitrogen and oxygen atoms in total. The predicted octanol–water partition coefficient (Wildman–Crippen LogP) is 5.93. The number of halogens is 7. The summed E-state index contributed by atoms with van der Waals surface area (Å²) >= 11 is 2.31. The predicted molar refractivity (Wildman–Crippen MR) is 78.1 cm³/mol. The SMILES string of the molecule is [O-][S@+]1c2c(ccc(Oc3cc(F)cc(Cl)c3)c2C(F)F)[C@@H](F)C1(F)F. The normalized spacial score (nSPS) is 21.5. The number of rotatable bonds is 3. The van der Waals surface area contributed by atoms with Crippen LogP contribution in [-0.4, -0.2) is 9.81 Å². The highest BCUT2D eigenvalue weighted by atomic mass is 35.5. The third kappa shape index (κ3) is 3.04. The maximum Gasteiger partial charge on any atom is 0.447 e. The Morgan fingerprint density at radius 2 is 1.88 bits per heavy atom. The molecule has 2 atom stereocenters. The molecule has 0 N–H and O–H groups in total. The van der Waals surface area contributed by atoms with Gasteiger partial charge in [-0.2, -0.15) is 8.78 Å². The zero-order valence-electron chi connectivity index (χ0n) is 11.9. The van der Waals surface area contributed by atoms with E-state index in [1.54, 1.807) is 0 Å². The zero-order chi connectivity index (χ0) is 18.5. The Balaban J connectivity index is 2.12. The average molecular weight is 401 g/mol. The molecule has 10 heteroatoms. The fraction of sp³-hybridized carbons (Fsp3) is 0.200. The smallest absolute Gasteiger partial charge is 0.447 e. The van der Waals surface area contributed by atoms with Crippen LogP contribution in [0.4, 0.5) is 26.3 Å². The summed E-state index contributed by atoms with van der Waals surface area (Å²) in [5.74, 6) is -1.74. The van der Waals surface area contributed by atoms with Gasteiger partial charge in [0.1, 0.15) is 22.9 Å². The van der Waals surface area contributed by atoms with Gasteiger partial charge in [-0.1, -0.05) is 11.6 Å². The van der Waals surface area contributed by atoms with Gasteiger partial charge in [0.2, 0.25) is 6.17 Å². The third-order valence-electron chi connectivity index (χ3n) is 3.47. The first-order valence-corrected chi connectivity index (χ1v) is 8.18. The molecule has 0 spiro atoms. The molecule has 25 heavy (non-hydrogen) atoms. The van der Waals surface area contributed by atoms with E-state index in [0.717, 1.165) is 30.3 Å². The summed E-state index contributed by atoms with van der Waals surface area (Å²) in [6, 6.07) is 4.51. The molecule has 1 aliphatic heterocycles. The van der Waals surface area contributed by atoms with Crippen molar-refractivity contribution in [3.8, 4) is 11.5 Å². The Kier molecular flexibility index (Phi) is 4.59. The lowest BCUT2D eigenvalue weighted by molar-refractivity contribution is 0.0102. The van der Waals surface area contributed by atoms with Crippen molar-refractivity contribution in [3.05, 3.63) is 52.3 Å². The zero-order valence-corrected chi connectivity index (χ0v) is 13.5. The first-order chi connectivity index (χ1) is 11.6. The van der Waals surface area contributed by atoms with E-state index < -0.39 is 56.6 Å². The highest BCUT2D eigenvalue weighted by Crippen LogP contribution is 2.55. The van der Waals surface area contributed by atoms with Crippen molar-refractivity contribution in [1.29, 1.82) is 0 Å². The molecule has 1 aliphatic rings. The topological polar surface area (TPSA) is 32.3 Å².